The van der Waals surface area contributed by atoms with Crippen LogP contribution in [0.25, 0.3) is 0 Å². The van der Waals surface area contributed by atoms with E-state index in [1.165, 1.54) is 5.32 Å². The summed E-state index contributed by atoms with van der Waals surface area (Å²) in [5, 5.41) is 10.3. The van der Waals surface area contributed by atoms with Crippen molar-refractivity contribution in [2.45, 2.75) is 25.6 Å². The van der Waals surface area contributed by atoms with Crippen molar-refractivity contribution in [1.29, 1.82) is 0 Å². The van der Waals surface area contributed by atoms with Crippen LogP contribution in [0, 0.1) is 6.92 Å². The van der Waals surface area contributed by atoms with Crippen LogP contribution in [0.1, 0.15) is 11.1 Å². The zero-order valence-corrected chi connectivity index (χ0v) is 9.99. The molecule has 0 aliphatic heterocycles. The topological polar surface area (TPSA) is 66.4 Å². The Morgan fingerprint density at radius 3 is 2.21 bits per heavy atom. The van der Waals surface area contributed by atoms with Crippen LogP contribution in [0.5, 0.6) is 0 Å². The predicted molar refractivity (Wildman–Crippen MR) is 60.5 cm³/mol. The molecule has 1 aromatic rings. The number of carbonyl (C=O) groups is 2. The Morgan fingerprint density at radius 2 is 1.79 bits per heavy atom. The molecule has 0 fully saturated rings. The summed E-state index contributed by atoms with van der Waals surface area (Å²) < 4.78 is 36.2. The molecule has 1 atom stereocenters. The number of amides is 1. The molecule has 7 heteroatoms. The molecule has 1 unspecified atom stereocenters. The second-order valence-electron chi connectivity index (χ2n) is 4.05. The average molecular weight is 275 g/mol. The Labute approximate surface area is 107 Å². The van der Waals surface area contributed by atoms with Gasteiger partial charge in [0.15, 0.2) is 0 Å². The number of alkyl halides is 3. The number of aliphatic carboxylic acids is 1. The highest BCUT2D eigenvalue weighted by atomic mass is 19.4. The third-order valence-corrected chi connectivity index (χ3v) is 2.42. The molecule has 0 aliphatic rings. The maximum atomic E-state index is 12.1. The molecule has 0 spiro atoms. The number of benzene rings is 1. The van der Waals surface area contributed by atoms with Crippen molar-refractivity contribution >= 4 is 11.9 Å². The van der Waals surface area contributed by atoms with Gasteiger partial charge < -0.3 is 10.4 Å². The maximum absolute atomic E-state index is 12.1. The lowest BCUT2D eigenvalue weighted by Gasteiger charge is -2.15. The molecule has 1 amide bonds. The van der Waals surface area contributed by atoms with Crippen LogP contribution < -0.4 is 5.32 Å². The number of carboxylic acids is 1. The van der Waals surface area contributed by atoms with E-state index in [1.807, 2.05) is 6.92 Å². The van der Waals surface area contributed by atoms with Crippen molar-refractivity contribution in [3.63, 3.8) is 0 Å². The molecule has 0 heterocycles. The monoisotopic (exact) mass is 275 g/mol. The molecule has 0 saturated heterocycles. The van der Waals surface area contributed by atoms with E-state index in [0.717, 1.165) is 5.56 Å². The quantitative estimate of drug-likeness (QED) is 0.878. The smallest absolute Gasteiger partial charge is 0.471 e. The van der Waals surface area contributed by atoms with E-state index >= 15 is 0 Å². The number of hydrogen-bond donors (Lipinski definition) is 2. The number of nitrogens with one attached hydrogen (secondary N) is 1. The minimum absolute atomic E-state index is 0.211. The normalized spacial score (nSPS) is 12.8. The molecule has 0 radical (unpaired) electrons. The van der Waals surface area contributed by atoms with Crippen molar-refractivity contribution in [3.05, 3.63) is 35.4 Å². The van der Waals surface area contributed by atoms with Crippen molar-refractivity contribution in [1.82, 2.24) is 5.32 Å². The summed E-state index contributed by atoms with van der Waals surface area (Å²) in [6, 6.07) is 5.01. The van der Waals surface area contributed by atoms with Gasteiger partial charge in [0.2, 0.25) is 0 Å². The van der Waals surface area contributed by atoms with Gasteiger partial charge in [0.25, 0.3) is 0 Å². The Balaban J connectivity index is 2.77. The molecule has 0 aliphatic carbocycles. The van der Waals surface area contributed by atoms with Crippen LogP contribution in [0.3, 0.4) is 0 Å². The molecule has 1 rings (SSSR count). The van der Waals surface area contributed by atoms with E-state index in [4.69, 9.17) is 5.11 Å². The van der Waals surface area contributed by atoms with Gasteiger partial charge >= 0.3 is 18.1 Å². The van der Waals surface area contributed by atoms with Gasteiger partial charge in [-0.15, -0.1) is 0 Å². The van der Waals surface area contributed by atoms with Crippen LogP contribution in [-0.2, 0) is 16.0 Å². The summed E-state index contributed by atoms with van der Waals surface area (Å²) in [7, 11) is 0. The van der Waals surface area contributed by atoms with E-state index in [2.05, 4.69) is 0 Å². The standard InChI is InChI=1S/C12H12F3NO3/c1-7-2-4-8(5-3-7)6-9(10(17)18)16-11(19)12(13,14)15/h2-5,9H,6H2,1H3,(H,16,19)(H,17,18). The largest absolute Gasteiger partial charge is 0.480 e. The van der Waals surface area contributed by atoms with E-state index in [-0.39, 0.29) is 6.42 Å². The maximum Gasteiger partial charge on any atom is 0.471 e. The first-order chi connectivity index (χ1) is 8.70. The van der Waals surface area contributed by atoms with Gasteiger partial charge in [-0.25, -0.2) is 4.79 Å². The molecule has 0 aromatic heterocycles. The van der Waals surface area contributed by atoms with Crippen LogP contribution in [-0.4, -0.2) is 29.2 Å². The Hall–Kier alpha value is -2.05. The lowest BCUT2D eigenvalue weighted by Crippen LogP contribution is -2.47. The summed E-state index contributed by atoms with van der Waals surface area (Å²) >= 11 is 0. The molecule has 0 saturated carbocycles. The number of carboxylic acid groups (broad SMARTS) is 1. The van der Waals surface area contributed by atoms with Crippen LogP contribution in [0.15, 0.2) is 24.3 Å². The predicted octanol–water partition coefficient (Wildman–Crippen LogP) is 1.67. The second kappa shape index (κ2) is 5.73. The number of rotatable bonds is 4. The lowest BCUT2D eigenvalue weighted by molar-refractivity contribution is -0.175. The zero-order chi connectivity index (χ0) is 14.6. The summed E-state index contributed by atoms with van der Waals surface area (Å²) in [6.07, 6.45) is -5.31. The molecular weight excluding hydrogens is 263 g/mol. The van der Waals surface area contributed by atoms with Crippen molar-refractivity contribution in [2.24, 2.45) is 0 Å². The fourth-order valence-corrected chi connectivity index (χ4v) is 1.40. The van der Waals surface area contributed by atoms with Gasteiger partial charge in [-0.2, -0.15) is 13.2 Å². The highest BCUT2D eigenvalue weighted by Gasteiger charge is 2.40. The number of hydrogen-bond acceptors (Lipinski definition) is 2. The fourth-order valence-electron chi connectivity index (χ4n) is 1.40. The second-order valence-corrected chi connectivity index (χ2v) is 4.05. The molecule has 104 valence electrons. The van der Waals surface area contributed by atoms with Crippen molar-refractivity contribution in [2.75, 3.05) is 0 Å². The molecule has 0 bridgehead atoms. The highest BCUT2D eigenvalue weighted by molar-refractivity contribution is 5.87. The minimum atomic E-state index is -5.10. The van der Waals surface area contributed by atoms with Crippen molar-refractivity contribution in [3.8, 4) is 0 Å². The summed E-state index contributed by atoms with van der Waals surface area (Å²) in [4.78, 5) is 21.6. The average Bonchev–Trinajstić information content (AvgIpc) is 2.29. The molecule has 2 N–H and O–H groups in total. The number of aryl methyl sites for hydroxylation is 1. The van der Waals surface area contributed by atoms with Crippen LogP contribution in [0.4, 0.5) is 13.2 Å². The Kier molecular flexibility index (Phi) is 4.52. The SMILES string of the molecule is Cc1ccc(CC(NC(=O)C(F)(F)F)C(=O)O)cc1. The molecule has 19 heavy (non-hydrogen) atoms. The minimum Gasteiger partial charge on any atom is -0.480 e. The number of halogens is 3. The van der Waals surface area contributed by atoms with Gasteiger partial charge in [-0.3, -0.25) is 4.79 Å². The zero-order valence-electron chi connectivity index (χ0n) is 9.99. The van der Waals surface area contributed by atoms with E-state index in [9.17, 15) is 22.8 Å². The van der Waals surface area contributed by atoms with Crippen LogP contribution >= 0.6 is 0 Å². The van der Waals surface area contributed by atoms with E-state index in [1.54, 1.807) is 24.3 Å². The van der Waals surface area contributed by atoms with Gasteiger partial charge in [-0.1, -0.05) is 29.8 Å². The van der Waals surface area contributed by atoms with Gasteiger partial charge in [0.1, 0.15) is 6.04 Å². The Bertz CT molecular complexity index is 468. The third kappa shape index (κ3) is 4.61. The number of carbonyl (C=O) groups excluding carboxylic acids is 1. The highest BCUT2D eigenvalue weighted by Crippen LogP contribution is 2.15. The third-order valence-electron chi connectivity index (χ3n) is 2.42. The summed E-state index contributed by atoms with van der Waals surface area (Å²) in [6.45, 7) is 1.82. The van der Waals surface area contributed by atoms with Gasteiger partial charge in [0, 0.05) is 6.42 Å². The Morgan fingerprint density at radius 1 is 1.26 bits per heavy atom. The first-order valence-electron chi connectivity index (χ1n) is 5.36. The molecule has 1 aromatic carbocycles. The molecule has 4 nitrogen and oxygen atoms in total. The summed E-state index contributed by atoms with van der Waals surface area (Å²) in [5.41, 5.74) is 1.47. The van der Waals surface area contributed by atoms with Gasteiger partial charge in [0.05, 0.1) is 0 Å². The van der Waals surface area contributed by atoms with Crippen LogP contribution in [0.2, 0.25) is 0 Å². The first kappa shape index (κ1) is 15.0. The first-order valence-corrected chi connectivity index (χ1v) is 5.36. The fraction of sp³-hybridized carbons (Fsp3) is 0.333. The van der Waals surface area contributed by atoms with Gasteiger partial charge in [-0.05, 0) is 12.5 Å². The summed E-state index contributed by atoms with van der Waals surface area (Å²) in [5.74, 6) is -3.77. The van der Waals surface area contributed by atoms with E-state index in [0.29, 0.717) is 5.56 Å². The van der Waals surface area contributed by atoms with E-state index < -0.39 is 24.1 Å². The lowest BCUT2D eigenvalue weighted by atomic mass is 10.0. The molecular formula is C12H12F3NO3. The van der Waals surface area contributed by atoms with Crippen molar-refractivity contribution < 1.29 is 27.9 Å².